The third-order valence-corrected chi connectivity index (χ3v) is 2.58. The lowest BCUT2D eigenvalue weighted by atomic mass is 10.2. The van der Waals surface area contributed by atoms with Crippen LogP contribution in [0.2, 0.25) is 0 Å². The van der Waals surface area contributed by atoms with Gasteiger partial charge in [-0.25, -0.2) is 0 Å². The van der Waals surface area contributed by atoms with E-state index in [2.05, 4.69) is 0 Å². The highest BCUT2D eigenvalue weighted by Gasteiger charge is 2.06. The molecule has 78 valence electrons. The standard InChI is InChI=1S/C10H14O3S/c1-8-5-9(7-14-8)10(11)6-13-4-3-12-2/h5,7H,3-4,6H2,1-2H3. The Morgan fingerprint density at radius 3 is 2.86 bits per heavy atom. The van der Waals surface area contributed by atoms with Crippen molar-refractivity contribution in [3.63, 3.8) is 0 Å². The van der Waals surface area contributed by atoms with E-state index in [-0.39, 0.29) is 12.4 Å². The number of aryl methyl sites for hydroxylation is 1. The lowest BCUT2D eigenvalue weighted by Gasteiger charge is -2.00. The molecule has 0 spiro atoms. The molecule has 0 unspecified atom stereocenters. The topological polar surface area (TPSA) is 35.5 Å². The highest BCUT2D eigenvalue weighted by Crippen LogP contribution is 2.13. The maximum atomic E-state index is 11.5. The third-order valence-electron chi connectivity index (χ3n) is 1.72. The summed E-state index contributed by atoms with van der Waals surface area (Å²) in [6, 6.07) is 1.88. The Labute approximate surface area is 87.7 Å². The smallest absolute Gasteiger partial charge is 0.189 e. The summed E-state index contributed by atoms with van der Waals surface area (Å²) in [5.41, 5.74) is 0.741. The molecule has 0 aliphatic heterocycles. The predicted molar refractivity (Wildman–Crippen MR) is 56.1 cm³/mol. The van der Waals surface area contributed by atoms with E-state index in [1.165, 1.54) is 0 Å². The Morgan fingerprint density at radius 1 is 1.50 bits per heavy atom. The average Bonchev–Trinajstić information content (AvgIpc) is 2.59. The zero-order chi connectivity index (χ0) is 10.4. The van der Waals surface area contributed by atoms with E-state index in [4.69, 9.17) is 9.47 Å². The van der Waals surface area contributed by atoms with Crippen LogP contribution in [-0.4, -0.2) is 32.7 Å². The van der Waals surface area contributed by atoms with Gasteiger partial charge in [-0.15, -0.1) is 11.3 Å². The van der Waals surface area contributed by atoms with Gasteiger partial charge in [0.15, 0.2) is 5.78 Å². The van der Waals surface area contributed by atoms with E-state index in [1.807, 2.05) is 18.4 Å². The normalized spacial score (nSPS) is 10.4. The van der Waals surface area contributed by atoms with Gasteiger partial charge in [0.1, 0.15) is 6.61 Å². The van der Waals surface area contributed by atoms with Gasteiger partial charge in [-0.05, 0) is 13.0 Å². The Hall–Kier alpha value is -0.710. The maximum absolute atomic E-state index is 11.5. The van der Waals surface area contributed by atoms with Gasteiger partial charge in [0, 0.05) is 22.9 Å². The second-order valence-corrected chi connectivity index (χ2v) is 4.03. The molecule has 0 N–H and O–H groups in total. The second kappa shape index (κ2) is 5.90. The number of hydrogen-bond donors (Lipinski definition) is 0. The largest absolute Gasteiger partial charge is 0.382 e. The van der Waals surface area contributed by atoms with Gasteiger partial charge >= 0.3 is 0 Å². The second-order valence-electron chi connectivity index (χ2n) is 2.91. The fourth-order valence-electron chi connectivity index (χ4n) is 0.980. The molecule has 0 aromatic carbocycles. The quantitative estimate of drug-likeness (QED) is 0.536. The zero-order valence-electron chi connectivity index (χ0n) is 8.41. The van der Waals surface area contributed by atoms with E-state index in [0.29, 0.717) is 13.2 Å². The highest BCUT2D eigenvalue weighted by atomic mass is 32.1. The molecular formula is C10H14O3S. The van der Waals surface area contributed by atoms with Crippen molar-refractivity contribution in [1.82, 2.24) is 0 Å². The summed E-state index contributed by atoms with van der Waals surface area (Å²) in [7, 11) is 1.60. The van der Waals surface area contributed by atoms with Crippen LogP contribution in [0, 0.1) is 6.92 Å². The van der Waals surface area contributed by atoms with Crippen LogP contribution in [0.15, 0.2) is 11.4 Å². The van der Waals surface area contributed by atoms with Crippen molar-refractivity contribution >= 4 is 17.1 Å². The molecule has 0 atom stereocenters. The van der Waals surface area contributed by atoms with E-state index in [9.17, 15) is 4.79 Å². The number of carbonyl (C=O) groups is 1. The zero-order valence-corrected chi connectivity index (χ0v) is 9.23. The summed E-state index contributed by atoms with van der Waals surface area (Å²) in [5.74, 6) is 0.0328. The van der Waals surface area contributed by atoms with Gasteiger partial charge in [0.25, 0.3) is 0 Å². The van der Waals surface area contributed by atoms with Crippen LogP contribution in [0.25, 0.3) is 0 Å². The van der Waals surface area contributed by atoms with E-state index < -0.39 is 0 Å². The Balaban J connectivity index is 2.29. The minimum atomic E-state index is 0.0328. The molecule has 0 aliphatic carbocycles. The van der Waals surface area contributed by atoms with Gasteiger partial charge in [-0.3, -0.25) is 4.79 Å². The highest BCUT2D eigenvalue weighted by molar-refractivity contribution is 7.10. The molecule has 0 aliphatic rings. The molecule has 4 heteroatoms. The molecule has 1 rings (SSSR count). The van der Waals surface area contributed by atoms with E-state index in [1.54, 1.807) is 18.4 Å². The molecule has 14 heavy (non-hydrogen) atoms. The van der Waals surface area contributed by atoms with Crippen LogP contribution in [0.1, 0.15) is 15.2 Å². The average molecular weight is 214 g/mol. The third kappa shape index (κ3) is 3.57. The fraction of sp³-hybridized carbons (Fsp3) is 0.500. The minimum absolute atomic E-state index is 0.0328. The predicted octanol–water partition coefficient (Wildman–Crippen LogP) is 1.90. The summed E-state index contributed by atoms with van der Waals surface area (Å²) in [6.07, 6.45) is 0. The number of methoxy groups -OCH3 is 1. The van der Waals surface area contributed by atoms with E-state index >= 15 is 0 Å². The first-order valence-corrected chi connectivity index (χ1v) is 5.27. The molecule has 0 saturated carbocycles. The van der Waals surface area contributed by atoms with Gasteiger partial charge in [-0.2, -0.15) is 0 Å². The van der Waals surface area contributed by atoms with Gasteiger partial charge in [0.2, 0.25) is 0 Å². The van der Waals surface area contributed by atoms with Crippen LogP contribution in [0.4, 0.5) is 0 Å². The molecular weight excluding hydrogens is 200 g/mol. The molecule has 3 nitrogen and oxygen atoms in total. The van der Waals surface area contributed by atoms with Crippen molar-refractivity contribution in [2.75, 3.05) is 26.9 Å². The number of thiophene rings is 1. The molecule has 0 amide bonds. The number of carbonyl (C=O) groups excluding carboxylic acids is 1. The fourth-order valence-corrected chi connectivity index (χ4v) is 1.69. The summed E-state index contributed by atoms with van der Waals surface area (Å²) in [6.45, 7) is 3.11. The van der Waals surface area contributed by atoms with Crippen LogP contribution in [0.5, 0.6) is 0 Å². The number of rotatable bonds is 6. The van der Waals surface area contributed by atoms with Crippen LogP contribution in [-0.2, 0) is 9.47 Å². The summed E-state index contributed by atoms with van der Waals surface area (Å²) in [4.78, 5) is 12.6. The molecule has 1 heterocycles. The maximum Gasteiger partial charge on any atom is 0.189 e. The van der Waals surface area contributed by atoms with Crippen LogP contribution >= 0.6 is 11.3 Å². The Morgan fingerprint density at radius 2 is 2.29 bits per heavy atom. The Bertz CT molecular complexity index is 293. The monoisotopic (exact) mass is 214 g/mol. The molecule has 0 fully saturated rings. The number of Topliss-reactive ketones (excluding diaryl/α,β-unsaturated/α-hetero) is 1. The number of hydrogen-bond acceptors (Lipinski definition) is 4. The lowest BCUT2D eigenvalue weighted by molar-refractivity contribution is 0.0577. The minimum Gasteiger partial charge on any atom is -0.382 e. The summed E-state index contributed by atoms with van der Waals surface area (Å²) < 4.78 is 9.93. The molecule has 0 saturated heterocycles. The van der Waals surface area contributed by atoms with Crippen LogP contribution < -0.4 is 0 Å². The first-order chi connectivity index (χ1) is 6.74. The van der Waals surface area contributed by atoms with Crippen LogP contribution in [0.3, 0.4) is 0 Å². The van der Waals surface area contributed by atoms with Gasteiger partial charge < -0.3 is 9.47 Å². The molecule has 1 aromatic heterocycles. The number of ether oxygens (including phenoxy) is 2. The summed E-state index contributed by atoms with van der Waals surface area (Å²) >= 11 is 1.58. The first kappa shape index (κ1) is 11.4. The Kier molecular flexibility index (Phi) is 4.79. The molecule has 0 radical (unpaired) electrons. The molecule has 0 bridgehead atoms. The number of ketones is 1. The van der Waals surface area contributed by atoms with Crippen molar-refractivity contribution in [2.45, 2.75) is 6.92 Å². The summed E-state index contributed by atoms with van der Waals surface area (Å²) in [5, 5.41) is 1.86. The van der Waals surface area contributed by atoms with Crippen molar-refractivity contribution in [2.24, 2.45) is 0 Å². The molecule has 1 aromatic rings. The van der Waals surface area contributed by atoms with Crippen molar-refractivity contribution in [3.05, 3.63) is 21.9 Å². The van der Waals surface area contributed by atoms with E-state index in [0.717, 1.165) is 10.4 Å². The van der Waals surface area contributed by atoms with Crippen molar-refractivity contribution in [3.8, 4) is 0 Å². The van der Waals surface area contributed by atoms with Crippen molar-refractivity contribution < 1.29 is 14.3 Å². The van der Waals surface area contributed by atoms with Crippen molar-refractivity contribution in [1.29, 1.82) is 0 Å². The van der Waals surface area contributed by atoms with Gasteiger partial charge in [-0.1, -0.05) is 0 Å². The first-order valence-electron chi connectivity index (χ1n) is 4.39. The van der Waals surface area contributed by atoms with Gasteiger partial charge in [0.05, 0.1) is 13.2 Å². The SMILES string of the molecule is COCCOCC(=O)c1csc(C)c1. The lowest BCUT2D eigenvalue weighted by Crippen LogP contribution is -2.11.